The normalized spacial score (nSPS) is 19.3. The number of hydrogen-bond donors (Lipinski definition) is 1. The Morgan fingerprint density at radius 2 is 1.88 bits per heavy atom. The lowest BCUT2D eigenvalue weighted by molar-refractivity contribution is 0.0658. The van der Waals surface area contributed by atoms with Gasteiger partial charge in [0.2, 0.25) is 11.8 Å². The van der Waals surface area contributed by atoms with Crippen LogP contribution in [0.4, 0.5) is 11.6 Å². The van der Waals surface area contributed by atoms with Crippen LogP contribution in [0.5, 0.6) is 17.5 Å². The fraction of sp³-hybridized carbons (Fsp3) is 0.483. The van der Waals surface area contributed by atoms with Crippen LogP contribution in [0, 0.1) is 5.92 Å². The van der Waals surface area contributed by atoms with Crippen molar-refractivity contribution in [3.05, 3.63) is 36.9 Å². The minimum Gasteiger partial charge on any atom is -0.490 e. The number of hydrogen-bond acceptors (Lipinski definition) is 10. The molecule has 41 heavy (non-hydrogen) atoms. The molecule has 2 aliphatic heterocycles. The summed E-state index contributed by atoms with van der Waals surface area (Å²) in [6.07, 6.45) is 12.1. The molecular weight excluding hydrogens is 524 g/mol. The molecule has 2 fully saturated rings. The Hall–Kier alpha value is -4.19. The first-order valence-corrected chi connectivity index (χ1v) is 14.3. The van der Waals surface area contributed by atoms with E-state index in [9.17, 15) is 0 Å². The number of aromatic nitrogens is 7. The molecule has 1 N–H and O–H groups in total. The zero-order valence-corrected chi connectivity index (χ0v) is 23.3. The molecule has 1 saturated carbocycles. The molecule has 1 atom stereocenters. The number of nitrogens with one attached hydrogen (secondary N) is 1. The minimum absolute atomic E-state index is 0.140. The molecule has 0 spiro atoms. The third-order valence-electron chi connectivity index (χ3n) is 7.70. The van der Waals surface area contributed by atoms with Crippen LogP contribution >= 0.6 is 0 Å². The second-order valence-electron chi connectivity index (χ2n) is 10.9. The van der Waals surface area contributed by atoms with E-state index in [-0.39, 0.29) is 12.1 Å². The molecule has 4 aromatic rings. The Morgan fingerprint density at radius 3 is 2.73 bits per heavy atom. The monoisotopic (exact) mass is 558 g/mol. The van der Waals surface area contributed by atoms with Crippen molar-refractivity contribution in [2.75, 3.05) is 31.7 Å². The summed E-state index contributed by atoms with van der Waals surface area (Å²) < 4.78 is 28.3. The highest BCUT2D eigenvalue weighted by Crippen LogP contribution is 2.40. The minimum atomic E-state index is -0.140. The molecule has 6 heterocycles. The van der Waals surface area contributed by atoms with E-state index in [1.54, 1.807) is 23.1 Å². The molecule has 0 unspecified atom stereocenters. The van der Waals surface area contributed by atoms with Gasteiger partial charge in [-0.2, -0.15) is 5.10 Å². The summed E-state index contributed by atoms with van der Waals surface area (Å²) in [4.78, 5) is 13.9. The molecule has 3 aliphatic rings. The summed E-state index contributed by atoms with van der Waals surface area (Å²) in [6, 6.07) is 3.98. The van der Waals surface area contributed by atoms with Crippen molar-refractivity contribution in [2.45, 2.75) is 51.2 Å². The number of aryl methyl sites for hydroxylation is 1. The van der Waals surface area contributed by atoms with Gasteiger partial charge in [-0.25, -0.2) is 19.6 Å². The predicted molar refractivity (Wildman–Crippen MR) is 150 cm³/mol. The number of anilines is 2. The van der Waals surface area contributed by atoms with E-state index < -0.39 is 0 Å². The number of fused-ring (bicyclic) bond motifs is 6. The molecule has 0 amide bonds. The Balaban J connectivity index is 1.26. The average Bonchev–Trinajstić information content (AvgIpc) is 3.61. The van der Waals surface area contributed by atoms with Gasteiger partial charge in [0.15, 0.2) is 5.82 Å². The maximum absolute atomic E-state index is 6.56. The van der Waals surface area contributed by atoms with Gasteiger partial charge in [-0.1, -0.05) is 0 Å². The van der Waals surface area contributed by atoms with Gasteiger partial charge >= 0.3 is 0 Å². The van der Waals surface area contributed by atoms with Gasteiger partial charge < -0.3 is 24.3 Å². The average molecular weight is 559 g/mol. The third-order valence-corrected chi connectivity index (χ3v) is 7.70. The van der Waals surface area contributed by atoms with Crippen LogP contribution in [0.3, 0.4) is 0 Å². The van der Waals surface area contributed by atoms with Gasteiger partial charge in [0.1, 0.15) is 22.9 Å². The molecule has 0 aromatic carbocycles. The smallest absolute Gasteiger partial charge is 0.240 e. The van der Waals surface area contributed by atoms with Crippen LogP contribution in [0.25, 0.3) is 22.5 Å². The summed E-state index contributed by atoms with van der Waals surface area (Å²) in [5.41, 5.74) is 2.43. The summed E-state index contributed by atoms with van der Waals surface area (Å²) in [5, 5.41) is 12.6. The van der Waals surface area contributed by atoms with Crippen LogP contribution in [0.2, 0.25) is 0 Å². The van der Waals surface area contributed by atoms with Gasteiger partial charge in [-0.15, -0.1) is 5.10 Å². The lowest BCUT2D eigenvalue weighted by Crippen LogP contribution is -2.20. The van der Waals surface area contributed by atoms with Crippen molar-refractivity contribution in [2.24, 2.45) is 13.0 Å². The van der Waals surface area contributed by atoms with Crippen molar-refractivity contribution in [3.8, 4) is 40.0 Å². The van der Waals surface area contributed by atoms with E-state index in [0.29, 0.717) is 60.5 Å². The second kappa shape index (κ2) is 11.0. The van der Waals surface area contributed by atoms with Crippen LogP contribution in [0.1, 0.15) is 45.1 Å². The lowest BCUT2D eigenvalue weighted by atomic mass is 10.1. The molecule has 4 aromatic heterocycles. The maximum Gasteiger partial charge on any atom is 0.240 e. The fourth-order valence-electron chi connectivity index (χ4n) is 5.13. The molecule has 12 heteroatoms. The Morgan fingerprint density at radius 1 is 1.00 bits per heavy atom. The van der Waals surface area contributed by atoms with Crippen molar-refractivity contribution in [3.63, 3.8) is 0 Å². The Labute approximate surface area is 238 Å². The van der Waals surface area contributed by atoms with E-state index in [4.69, 9.17) is 34.0 Å². The van der Waals surface area contributed by atoms with E-state index >= 15 is 0 Å². The zero-order valence-electron chi connectivity index (χ0n) is 23.3. The van der Waals surface area contributed by atoms with Crippen LogP contribution < -0.4 is 19.5 Å². The molecule has 214 valence electrons. The Kier molecular flexibility index (Phi) is 6.91. The number of rotatable bonds is 5. The number of nitrogens with zero attached hydrogens (tertiary/aromatic N) is 7. The number of pyridine rings is 1. The highest BCUT2D eigenvalue weighted by atomic mass is 16.5. The quantitative estimate of drug-likeness (QED) is 0.373. The van der Waals surface area contributed by atoms with Crippen molar-refractivity contribution in [1.29, 1.82) is 0 Å². The van der Waals surface area contributed by atoms with Gasteiger partial charge in [-0.05, 0) is 44.6 Å². The SMILES string of the molecule is C[C@H]1CCOc2c(cnn2C)-c2nccc(n2)Nc2cc(c(-c3cn(C4CCOCC4)nc3OCC3CC3)cn2)O1. The van der Waals surface area contributed by atoms with Gasteiger partial charge in [0.05, 0.1) is 37.1 Å². The summed E-state index contributed by atoms with van der Waals surface area (Å²) in [6.45, 7) is 4.62. The molecule has 4 bridgehead atoms. The molecule has 1 saturated heterocycles. The fourth-order valence-corrected chi connectivity index (χ4v) is 5.13. The highest BCUT2D eigenvalue weighted by molar-refractivity contribution is 5.75. The maximum atomic E-state index is 6.56. The first-order chi connectivity index (χ1) is 20.1. The van der Waals surface area contributed by atoms with E-state index in [1.807, 2.05) is 30.9 Å². The molecule has 12 nitrogen and oxygen atoms in total. The first kappa shape index (κ1) is 25.8. The summed E-state index contributed by atoms with van der Waals surface area (Å²) >= 11 is 0. The van der Waals surface area contributed by atoms with E-state index in [2.05, 4.69) is 21.6 Å². The molecule has 0 radical (unpaired) electrons. The van der Waals surface area contributed by atoms with Crippen molar-refractivity contribution in [1.82, 2.24) is 34.5 Å². The lowest BCUT2D eigenvalue weighted by Gasteiger charge is -2.22. The molecular formula is C29H34N8O4. The van der Waals surface area contributed by atoms with Gasteiger partial charge in [0, 0.05) is 56.9 Å². The summed E-state index contributed by atoms with van der Waals surface area (Å²) in [5.74, 6) is 4.25. The van der Waals surface area contributed by atoms with Gasteiger partial charge in [0.25, 0.3) is 0 Å². The number of ether oxygens (including phenoxy) is 4. The van der Waals surface area contributed by atoms with Crippen LogP contribution in [-0.4, -0.2) is 67.0 Å². The standard InChI is InChI=1S/C29H34N8O4/c1-18-6-12-39-29-22(15-32-36(29)2)27-30-9-5-25(34-27)33-26-13-24(41-18)21(14-31-26)23-16-37(20-7-10-38-11-8-20)35-28(23)40-17-19-3-4-19/h5,9,13-16,18-20H,3-4,6-8,10-12,17H2,1-2H3,(H,30,31,33,34)/t18-/m0/s1. The molecule has 7 rings (SSSR count). The van der Waals surface area contributed by atoms with Crippen LogP contribution in [0.15, 0.2) is 36.9 Å². The second-order valence-corrected chi connectivity index (χ2v) is 10.9. The topological polar surface area (TPSA) is 123 Å². The van der Waals surface area contributed by atoms with Crippen molar-refractivity contribution >= 4 is 11.6 Å². The summed E-state index contributed by atoms with van der Waals surface area (Å²) in [7, 11) is 1.84. The Bertz CT molecular complexity index is 1520. The van der Waals surface area contributed by atoms with E-state index in [1.165, 1.54) is 12.8 Å². The first-order valence-electron chi connectivity index (χ1n) is 14.3. The van der Waals surface area contributed by atoms with Crippen LogP contribution in [-0.2, 0) is 11.8 Å². The van der Waals surface area contributed by atoms with Gasteiger partial charge in [-0.3, -0.25) is 4.68 Å². The van der Waals surface area contributed by atoms with E-state index in [0.717, 1.165) is 42.7 Å². The zero-order chi connectivity index (χ0) is 27.8. The van der Waals surface area contributed by atoms with Crippen molar-refractivity contribution < 1.29 is 18.9 Å². The highest BCUT2D eigenvalue weighted by Gasteiger charge is 2.27. The third kappa shape index (κ3) is 5.56. The predicted octanol–water partition coefficient (Wildman–Crippen LogP) is 4.57. The largest absolute Gasteiger partial charge is 0.490 e. The molecule has 1 aliphatic carbocycles.